The molecule has 1 aromatic heterocycles. The SMILES string of the molecule is CCOC(=O)C1CCN(S(=O)(=O)c2c(N)noc2C)CC1. The Balaban J connectivity index is 2.10. The molecule has 1 aliphatic heterocycles. The number of carbonyl (C=O) groups is 1. The molecule has 1 aliphatic rings. The van der Waals surface area contributed by atoms with Crippen LogP contribution in [0.3, 0.4) is 0 Å². The zero-order valence-corrected chi connectivity index (χ0v) is 12.9. The number of hydrogen-bond acceptors (Lipinski definition) is 7. The van der Waals surface area contributed by atoms with Crippen molar-refractivity contribution in [2.75, 3.05) is 25.4 Å². The molecule has 0 spiro atoms. The van der Waals surface area contributed by atoms with E-state index in [1.54, 1.807) is 6.92 Å². The topological polar surface area (TPSA) is 116 Å². The number of aryl methyl sites for hydroxylation is 1. The van der Waals surface area contributed by atoms with Crippen LogP contribution in [-0.4, -0.2) is 43.5 Å². The van der Waals surface area contributed by atoms with Crippen molar-refractivity contribution < 1.29 is 22.5 Å². The maximum absolute atomic E-state index is 12.5. The lowest BCUT2D eigenvalue weighted by Gasteiger charge is -2.29. The predicted molar refractivity (Wildman–Crippen MR) is 73.8 cm³/mol. The Kier molecular flexibility index (Phi) is 4.52. The molecular formula is C12H19N3O5S. The van der Waals surface area contributed by atoms with Crippen molar-refractivity contribution in [2.24, 2.45) is 5.92 Å². The number of anilines is 1. The molecule has 0 radical (unpaired) electrons. The smallest absolute Gasteiger partial charge is 0.309 e. The summed E-state index contributed by atoms with van der Waals surface area (Å²) in [6.07, 6.45) is 0.866. The zero-order chi connectivity index (χ0) is 15.6. The summed E-state index contributed by atoms with van der Waals surface area (Å²) in [6, 6.07) is 0. The summed E-state index contributed by atoms with van der Waals surface area (Å²) < 4.78 is 36.1. The van der Waals surface area contributed by atoms with Gasteiger partial charge in [-0.05, 0) is 26.7 Å². The van der Waals surface area contributed by atoms with Crippen LogP contribution in [0.15, 0.2) is 9.42 Å². The largest absolute Gasteiger partial charge is 0.466 e. The van der Waals surface area contributed by atoms with Crippen LogP contribution in [0.5, 0.6) is 0 Å². The van der Waals surface area contributed by atoms with E-state index in [-0.39, 0.29) is 41.5 Å². The van der Waals surface area contributed by atoms with Gasteiger partial charge < -0.3 is 15.0 Å². The van der Waals surface area contributed by atoms with E-state index in [1.165, 1.54) is 11.2 Å². The molecule has 0 bridgehead atoms. The average molecular weight is 317 g/mol. The molecule has 0 amide bonds. The number of aromatic nitrogens is 1. The molecule has 2 heterocycles. The lowest BCUT2D eigenvalue weighted by atomic mass is 9.98. The number of ether oxygens (including phenoxy) is 1. The van der Waals surface area contributed by atoms with Gasteiger partial charge in [-0.1, -0.05) is 5.16 Å². The highest BCUT2D eigenvalue weighted by atomic mass is 32.2. The van der Waals surface area contributed by atoms with Crippen LogP contribution < -0.4 is 5.73 Å². The summed E-state index contributed by atoms with van der Waals surface area (Å²) in [5.74, 6) is -0.493. The summed E-state index contributed by atoms with van der Waals surface area (Å²) in [7, 11) is -3.74. The van der Waals surface area contributed by atoms with E-state index in [9.17, 15) is 13.2 Å². The lowest BCUT2D eigenvalue weighted by molar-refractivity contribution is -0.149. The molecular weight excluding hydrogens is 298 g/mol. The Morgan fingerprint density at radius 2 is 2.10 bits per heavy atom. The fourth-order valence-corrected chi connectivity index (χ4v) is 4.07. The Hall–Kier alpha value is -1.61. The number of nitrogen functional groups attached to an aromatic ring is 1. The van der Waals surface area contributed by atoms with E-state index >= 15 is 0 Å². The molecule has 0 saturated carbocycles. The van der Waals surface area contributed by atoms with Crippen LogP contribution in [0, 0.1) is 12.8 Å². The number of piperidine rings is 1. The first kappa shape index (κ1) is 15.8. The summed E-state index contributed by atoms with van der Waals surface area (Å²) in [5.41, 5.74) is 5.56. The standard InChI is InChI=1S/C12H19N3O5S/c1-3-19-12(16)9-4-6-15(7-5-9)21(17,18)10-8(2)20-14-11(10)13/h9H,3-7H2,1-2H3,(H2,13,14). The molecule has 1 fully saturated rings. The summed E-state index contributed by atoms with van der Waals surface area (Å²) in [6.45, 7) is 4.07. The van der Waals surface area contributed by atoms with Gasteiger partial charge in [0.2, 0.25) is 10.0 Å². The molecule has 0 aliphatic carbocycles. The third-order valence-corrected chi connectivity index (χ3v) is 5.56. The first-order valence-electron chi connectivity index (χ1n) is 6.76. The number of carbonyl (C=O) groups excluding carboxylic acids is 1. The highest BCUT2D eigenvalue weighted by Crippen LogP contribution is 2.29. The Labute approximate surface area is 123 Å². The van der Waals surface area contributed by atoms with Gasteiger partial charge in [0.25, 0.3) is 0 Å². The van der Waals surface area contributed by atoms with Gasteiger partial charge in [-0.3, -0.25) is 4.79 Å². The summed E-state index contributed by atoms with van der Waals surface area (Å²) in [4.78, 5) is 11.6. The van der Waals surface area contributed by atoms with Crippen LogP contribution >= 0.6 is 0 Å². The van der Waals surface area contributed by atoms with E-state index in [4.69, 9.17) is 15.0 Å². The normalized spacial score (nSPS) is 17.8. The van der Waals surface area contributed by atoms with Gasteiger partial charge in [-0.2, -0.15) is 4.31 Å². The van der Waals surface area contributed by atoms with Crippen LogP contribution in [-0.2, 0) is 19.6 Å². The third kappa shape index (κ3) is 3.03. The number of hydrogen-bond donors (Lipinski definition) is 1. The van der Waals surface area contributed by atoms with E-state index in [0.29, 0.717) is 19.4 Å². The molecule has 2 N–H and O–H groups in total. The summed E-state index contributed by atoms with van der Waals surface area (Å²) in [5, 5.41) is 3.47. The van der Waals surface area contributed by atoms with Crippen molar-refractivity contribution in [1.82, 2.24) is 9.46 Å². The van der Waals surface area contributed by atoms with Gasteiger partial charge in [0.05, 0.1) is 12.5 Å². The quantitative estimate of drug-likeness (QED) is 0.805. The van der Waals surface area contributed by atoms with Crippen LogP contribution in [0.2, 0.25) is 0 Å². The fraction of sp³-hybridized carbons (Fsp3) is 0.667. The van der Waals surface area contributed by atoms with Gasteiger partial charge in [0.1, 0.15) is 0 Å². The number of nitrogens with zero attached hydrogens (tertiary/aromatic N) is 2. The maximum atomic E-state index is 12.5. The van der Waals surface area contributed by atoms with Crippen molar-refractivity contribution >= 4 is 21.8 Å². The number of esters is 1. The Bertz CT molecular complexity index is 597. The number of sulfonamides is 1. The minimum absolute atomic E-state index is 0.0860. The monoisotopic (exact) mass is 317 g/mol. The van der Waals surface area contributed by atoms with E-state index < -0.39 is 10.0 Å². The molecule has 0 aromatic carbocycles. The van der Waals surface area contributed by atoms with Crippen LogP contribution in [0.25, 0.3) is 0 Å². The second-order valence-corrected chi connectivity index (χ2v) is 6.76. The van der Waals surface area contributed by atoms with Gasteiger partial charge in [-0.25, -0.2) is 8.42 Å². The van der Waals surface area contributed by atoms with Gasteiger partial charge >= 0.3 is 5.97 Å². The highest BCUT2D eigenvalue weighted by molar-refractivity contribution is 7.89. The van der Waals surface area contributed by atoms with E-state index in [0.717, 1.165) is 0 Å². The average Bonchev–Trinajstić information content (AvgIpc) is 2.79. The zero-order valence-electron chi connectivity index (χ0n) is 12.0. The maximum Gasteiger partial charge on any atom is 0.309 e. The first-order valence-corrected chi connectivity index (χ1v) is 8.20. The van der Waals surface area contributed by atoms with Crippen molar-refractivity contribution in [3.63, 3.8) is 0 Å². The minimum atomic E-state index is -3.74. The molecule has 0 unspecified atom stereocenters. The lowest BCUT2D eigenvalue weighted by Crippen LogP contribution is -2.40. The molecule has 118 valence electrons. The van der Waals surface area contributed by atoms with E-state index in [2.05, 4.69) is 5.16 Å². The van der Waals surface area contributed by atoms with Crippen molar-refractivity contribution in [1.29, 1.82) is 0 Å². The van der Waals surface area contributed by atoms with Crippen molar-refractivity contribution in [3.8, 4) is 0 Å². The molecule has 1 saturated heterocycles. The minimum Gasteiger partial charge on any atom is -0.466 e. The fourth-order valence-electron chi connectivity index (χ4n) is 2.42. The van der Waals surface area contributed by atoms with Crippen LogP contribution in [0.4, 0.5) is 5.82 Å². The summed E-state index contributed by atoms with van der Waals surface area (Å²) >= 11 is 0. The number of nitrogens with two attached hydrogens (primary N) is 1. The van der Waals surface area contributed by atoms with Crippen molar-refractivity contribution in [2.45, 2.75) is 31.6 Å². The van der Waals surface area contributed by atoms with Gasteiger partial charge in [0.15, 0.2) is 16.5 Å². The molecule has 1 aromatic rings. The first-order chi connectivity index (χ1) is 9.87. The molecule has 2 rings (SSSR count). The van der Waals surface area contributed by atoms with Crippen molar-refractivity contribution in [3.05, 3.63) is 5.76 Å². The van der Waals surface area contributed by atoms with E-state index in [1.807, 2.05) is 0 Å². The number of rotatable bonds is 4. The molecule has 9 heteroatoms. The van der Waals surface area contributed by atoms with Crippen LogP contribution in [0.1, 0.15) is 25.5 Å². The molecule has 8 nitrogen and oxygen atoms in total. The highest BCUT2D eigenvalue weighted by Gasteiger charge is 2.36. The van der Waals surface area contributed by atoms with Gasteiger partial charge in [-0.15, -0.1) is 0 Å². The Morgan fingerprint density at radius 1 is 1.48 bits per heavy atom. The second kappa shape index (κ2) is 6.02. The third-order valence-electron chi connectivity index (χ3n) is 3.51. The second-order valence-electron chi connectivity index (χ2n) is 4.88. The molecule has 21 heavy (non-hydrogen) atoms. The van der Waals surface area contributed by atoms with Gasteiger partial charge in [0, 0.05) is 13.1 Å². The molecule has 0 atom stereocenters. The Morgan fingerprint density at radius 3 is 2.57 bits per heavy atom. The predicted octanol–water partition coefficient (Wildman–Crippen LogP) is 0.529.